The van der Waals surface area contributed by atoms with Crippen molar-refractivity contribution in [1.82, 2.24) is 20.0 Å². The first kappa shape index (κ1) is 16.5. The van der Waals surface area contributed by atoms with E-state index >= 15 is 0 Å². The molecule has 0 saturated carbocycles. The van der Waals surface area contributed by atoms with Crippen molar-refractivity contribution in [1.29, 1.82) is 0 Å². The molecule has 0 atom stereocenters. The minimum atomic E-state index is -0.0972. The summed E-state index contributed by atoms with van der Waals surface area (Å²) in [6, 6.07) is 8.50. The molecule has 5 heteroatoms. The summed E-state index contributed by atoms with van der Waals surface area (Å²) >= 11 is 0. The highest BCUT2D eigenvalue weighted by Crippen LogP contribution is 2.13. The highest BCUT2D eigenvalue weighted by atomic mass is 16.1. The number of aromatic nitrogens is 2. The molecular weight excluding hydrogens is 300 g/mol. The van der Waals surface area contributed by atoms with Crippen LogP contribution in [0.2, 0.25) is 0 Å². The average Bonchev–Trinajstić information content (AvgIpc) is 3.24. The topological polar surface area (TPSA) is 50.2 Å². The number of carbonyl (C=O) groups excluding carboxylic acids is 1. The van der Waals surface area contributed by atoms with Crippen LogP contribution in [0.4, 0.5) is 0 Å². The van der Waals surface area contributed by atoms with Crippen molar-refractivity contribution in [2.75, 3.05) is 13.1 Å². The van der Waals surface area contributed by atoms with Gasteiger partial charge in [0.15, 0.2) is 0 Å². The fourth-order valence-corrected chi connectivity index (χ4v) is 2.91. The van der Waals surface area contributed by atoms with Crippen molar-refractivity contribution in [3.05, 3.63) is 59.4 Å². The molecule has 1 N–H and O–H groups in total. The van der Waals surface area contributed by atoms with Gasteiger partial charge in [0.1, 0.15) is 0 Å². The molecule has 0 unspecified atom stereocenters. The van der Waals surface area contributed by atoms with Crippen LogP contribution in [0.3, 0.4) is 0 Å². The van der Waals surface area contributed by atoms with E-state index in [1.165, 1.54) is 31.5 Å². The summed E-state index contributed by atoms with van der Waals surface area (Å²) in [4.78, 5) is 14.3. The minimum Gasteiger partial charge on any atom is -0.348 e. The Morgan fingerprint density at radius 1 is 1.21 bits per heavy atom. The van der Waals surface area contributed by atoms with Crippen LogP contribution in [0.5, 0.6) is 0 Å². The van der Waals surface area contributed by atoms with Gasteiger partial charge in [-0.2, -0.15) is 5.10 Å². The molecule has 0 bridgehead atoms. The number of rotatable bonds is 6. The van der Waals surface area contributed by atoms with E-state index in [0.717, 1.165) is 17.7 Å². The summed E-state index contributed by atoms with van der Waals surface area (Å²) in [7, 11) is 1.85. The zero-order valence-corrected chi connectivity index (χ0v) is 14.1. The monoisotopic (exact) mass is 324 g/mol. The Balaban J connectivity index is 1.45. The molecular formula is C19H24N4O. The Hall–Kier alpha value is -2.40. The first-order chi connectivity index (χ1) is 11.7. The van der Waals surface area contributed by atoms with Gasteiger partial charge in [-0.15, -0.1) is 0 Å². The summed E-state index contributed by atoms with van der Waals surface area (Å²) in [6.45, 7) is 3.99. The molecule has 1 aliphatic heterocycles. The molecule has 126 valence electrons. The molecule has 2 heterocycles. The van der Waals surface area contributed by atoms with E-state index in [0.29, 0.717) is 6.54 Å². The SMILES string of the molecule is Cn1cc(/C=C/C(=O)NCc2ccc(CN3CCCC3)cc2)cn1. The summed E-state index contributed by atoms with van der Waals surface area (Å²) in [5.74, 6) is -0.0972. The Bertz CT molecular complexity index is 696. The van der Waals surface area contributed by atoms with Crippen LogP contribution < -0.4 is 5.32 Å². The summed E-state index contributed by atoms with van der Waals surface area (Å²) < 4.78 is 1.71. The predicted octanol–water partition coefficient (Wildman–Crippen LogP) is 2.35. The van der Waals surface area contributed by atoms with Crippen molar-refractivity contribution in [2.45, 2.75) is 25.9 Å². The third kappa shape index (κ3) is 4.80. The number of hydrogen-bond acceptors (Lipinski definition) is 3. The third-order valence-electron chi connectivity index (χ3n) is 4.25. The van der Waals surface area contributed by atoms with Crippen LogP contribution in [-0.4, -0.2) is 33.7 Å². The highest BCUT2D eigenvalue weighted by Gasteiger charge is 2.11. The Morgan fingerprint density at radius 2 is 1.92 bits per heavy atom. The molecule has 0 radical (unpaired) electrons. The fraction of sp³-hybridized carbons (Fsp3) is 0.368. The standard InChI is InChI=1S/C19H24N4O/c1-22-14-18(13-21-22)8-9-19(24)20-12-16-4-6-17(7-5-16)15-23-10-2-3-11-23/h4-9,13-14H,2-3,10-12,15H2,1H3,(H,20,24)/b9-8+. The van der Waals surface area contributed by atoms with E-state index in [-0.39, 0.29) is 5.91 Å². The van der Waals surface area contributed by atoms with E-state index in [1.54, 1.807) is 23.0 Å². The van der Waals surface area contributed by atoms with Crippen molar-refractivity contribution in [2.24, 2.45) is 7.05 Å². The molecule has 0 aliphatic carbocycles. The quantitative estimate of drug-likeness (QED) is 0.830. The molecule has 0 spiro atoms. The summed E-state index contributed by atoms with van der Waals surface area (Å²) in [5, 5.41) is 6.97. The minimum absolute atomic E-state index is 0.0972. The smallest absolute Gasteiger partial charge is 0.244 e. The summed E-state index contributed by atoms with van der Waals surface area (Å²) in [5.41, 5.74) is 3.37. The number of carbonyl (C=O) groups is 1. The fourth-order valence-electron chi connectivity index (χ4n) is 2.91. The van der Waals surface area contributed by atoms with Crippen LogP contribution in [0.25, 0.3) is 6.08 Å². The normalized spacial score (nSPS) is 15.2. The van der Waals surface area contributed by atoms with Crippen molar-refractivity contribution in [3.63, 3.8) is 0 Å². The molecule has 1 saturated heterocycles. The van der Waals surface area contributed by atoms with E-state index in [1.807, 2.05) is 13.2 Å². The molecule has 5 nitrogen and oxygen atoms in total. The van der Waals surface area contributed by atoms with Crippen LogP contribution in [-0.2, 0) is 24.9 Å². The lowest BCUT2D eigenvalue weighted by atomic mass is 10.1. The van der Waals surface area contributed by atoms with Crippen LogP contribution >= 0.6 is 0 Å². The van der Waals surface area contributed by atoms with Gasteiger partial charge < -0.3 is 5.32 Å². The highest BCUT2D eigenvalue weighted by molar-refractivity contribution is 5.91. The van der Waals surface area contributed by atoms with Gasteiger partial charge in [0.2, 0.25) is 5.91 Å². The molecule has 1 amide bonds. The number of nitrogens with zero attached hydrogens (tertiary/aromatic N) is 3. The molecule has 1 fully saturated rings. The Morgan fingerprint density at radius 3 is 2.58 bits per heavy atom. The lowest BCUT2D eigenvalue weighted by Crippen LogP contribution is -2.20. The molecule has 1 aromatic carbocycles. The molecule has 1 aliphatic rings. The number of amides is 1. The first-order valence-corrected chi connectivity index (χ1v) is 8.44. The van der Waals surface area contributed by atoms with Crippen molar-refractivity contribution in [3.8, 4) is 0 Å². The van der Waals surface area contributed by atoms with Crippen molar-refractivity contribution >= 4 is 12.0 Å². The van der Waals surface area contributed by atoms with Crippen LogP contribution in [0.15, 0.2) is 42.7 Å². The van der Waals surface area contributed by atoms with Gasteiger partial charge in [0, 0.05) is 38.0 Å². The van der Waals surface area contributed by atoms with E-state index in [2.05, 4.69) is 39.6 Å². The Labute approximate surface area is 143 Å². The van der Waals surface area contributed by atoms with Gasteiger partial charge in [-0.05, 0) is 43.1 Å². The summed E-state index contributed by atoms with van der Waals surface area (Å²) in [6.07, 6.45) is 9.53. The maximum Gasteiger partial charge on any atom is 0.244 e. The van der Waals surface area contributed by atoms with Gasteiger partial charge >= 0.3 is 0 Å². The van der Waals surface area contributed by atoms with Gasteiger partial charge in [-0.1, -0.05) is 24.3 Å². The predicted molar refractivity (Wildman–Crippen MR) is 95.0 cm³/mol. The van der Waals surface area contributed by atoms with Crippen LogP contribution in [0.1, 0.15) is 29.5 Å². The van der Waals surface area contributed by atoms with E-state index in [9.17, 15) is 4.79 Å². The first-order valence-electron chi connectivity index (χ1n) is 8.44. The Kier molecular flexibility index (Phi) is 5.43. The van der Waals surface area contributed by atoms with Gasteiger partial charge in [-0.3, -0.25) is 14.4 Å². The second-order valence-electron chi connectivity index (χ2n) is 6.30. The van der Waals surface area contributed by atoms with Gasteiger partial charge in [0.05, 0.1) is 6.20 Å². The number of hydrogen-bond donors (Lipinski definition) is 1. The second-order valence-corrected chi connectivity index (χ2v) is 6.30. The molecule has 2 aromatic rings. The lowest BCUT2D eigenvalue weighted by Gasteiger charge is -2.14. The van der Waals surface area contributed by atoms with E-state index < -0.39 is 0 Å². The maximum atomic E-state index is 11.9. The second kappa shape index (κ2) is 7.93. The molecule has 3 rings (SSSR count). The van der Waals surface area contributed by atoms with Gasteiger partial charge in [-0.25, -0.2) is 0 Å². The number of aryl methyl sites for hydroxylation is 1. The van der Waals surface area contributed by atoms with Crippen molar-refractivity contribution < 1.29 is 4.79 Å². The molecule has 1 aromatic heterocycles. The maximum absolute atomic E-state index is 11.9. The average molecular weight is 324 g/mol. The van der Waals surface area contributed by atoms with Crippen LogP contribution in [0, 0.1) is 0 Å². The number of benzene rings is 1. The van der Waals surface area contributed by atoms with Gasteiger partial charge in [0.25, 0.3) is 0 Å². The zero-order valence-electron chi connectivity index (χ0n) is 14.1. The molecule has 24 heavy (non-hydrogen) atoms. The zero-order chi connectivity index (χ0) is 16.8. The van der Waals surface area contributed by atoms with E-state index in [4.69, 9.17) is 0 Å². The third-order valence-corrected chi connectivity index (χ3v) is 4.25. The number of likely N-dealkylation sites (tertiary alicyclic amines) is 1. The lowest BCUT2D eigenvalue weighted by molar-refractivity contribution is -0.116. The largest absolute Gasteiger partial charge is 0.348 e. The number of nitrogens with one attached hydrogen (secondary N) is 1.